The molecule has 0 unspecified atom stereocenters. The van der Waals surface area contributed by atoms with E-state index in [9.17, 15) is 20.0 Å². The Labute approximate surface area is 132 Å². The van der Waals surface area contributed by atoms with E-state index >= 15 is 0 Å². The number of phenolic OH excluding ortho intramolecular Hbond substituents is 1. The topological polar surface area (TPSA) is 105 Å². The first-order valence-electron chi connectivity index (χ1n) is 6.92. The van der Waals surface area contributed by atoms with E-state index in [0.717, 1.165) is 0 Å². The summed E-state index contributed by atoms with van der Waals surface area (Å²) in [4.78, 5) is 22.1. The van der Waals surface area contributed by atoms with E-state index in [1.165, 1.54) is 24.3 Å². The van der Waals surface area contributed by atoms with Crippen molar-refractivity contribution in [1.29, 1.82) is 0 Å². The molecule has 0 aliphatic rings. The quantitative estimate of drug-likeness (QED) is 0.503. The van der Waals surface area contributed by atoms with E-state index in [1.54, 1.807) is 24.3 Å². The lowest BCUT2D eigenvalue weighted by Crippen LogP contribution is -2.20. The minimum Gasteiger partial charge on any atom is -0.507 e. The smallest absolute Gasteiger partial charge is 0.271 e. The van der Waals surface area contributed by atoms with E-state index in [2.05, 4.69) is 10.5 Å². The van der Waals surface area contributed by atoms with Gasteiger partial charge in [0.15, 0.2) is 0 Å². The first-order valence-corrected chi connectivity index (χ1v) is 6.92. The third-order valence-electron chi connectivity index (χ3n) is 3.18. The van der Waals surface area contributed by atoms with Crippen LogP contribution in [0.15, 0.2) is 53.6 Å². The third-order valence-corrected chi connectivity index (χ3v) is 3.18. The predicted molar refractivity (Wildman–Crippen MR) is 85.5 cm³/mol. The fourth-order valence-electron chi connectivity index (χ4n) is 1.96. The van der Waals surface area contributed by atoms with Gasteiger partial charge in [0.25, 0.3) is 11.6 Å². The zero-order chi connectivity index (χ0) is 16.8. The monoisotopic (exact) mass is 313 g/mol. The Morgan fingerprint density at radius 1 is 1.22 bits per heavy atom. The molecule has 0 heterocycles. The minimum atomic E-state index is -0.535. The molecule has 0 aliphatic heterocycles. The molecule has 2 aromatic carbocycles. The summed E-state index contributed by atoms with van der Waals surface area (Å²) >= 11 is 0. The second kappa shape index (κ2) is 7.17. The van der Waals surface area contributed by atoms with Crippen molar-refractivity contribution < 1.29 is 14.8 Å². The highest BCUT2D eigenvalue weighted by Gasteiger charge is 2.10. The molecule has 118 valence electrons. The van der Waals surface area contributed by atoms with E-state index in [-0.39, 0.29) is 17.0 Å². The van der Waals surface area contributed by atoms with E-state index < -0.39 is 10.8 Å². The van der Waals surface area contributed by atoms with Crippen LogP contribution in [0, 0.1) is 10.1 Å². The number of nitrogens with zero attached hydrogens (tertiary/aromatic N) is 2. The molecule has 23 heavy (non-hydrogen) atoms. The maximum Gasteiger partial charge on any atom is 0.271 e. The number of hydrogen-bond acceptors (Lipinski definition) is 5. The van der Waals surface area contributed by atoms with Gasteiger partial charge in [0, 0.05) is 23.3 Å². The first-order chi connectivity index (χ1) is 11.0. The van der Waals surface area contributed by atoms with E-state index in [4.69, 9.17) is 0 Å². The Bertz CT molecular complexity index is 754. The van der Waals surface area contributed by atoms with Crippen LogP contribution >= 0.6 is 0 Å². The van der Waals surface area contributed by atoms with Gasteiger partial charge < -0.3 is 5.11 Å². The van der Waals surface area contributed by atoms with Gasteiger partial charge in [-0.3, -0.25) is 14.9 Å². The van der Waals surface area contributed by atoms with Crippen LogP contribution < -0.4 is 5.43 Å². The predicted octanol–water partition coefficient (Wildman–Crippen LogP) is 2.84. The average Bonchev–Trinajstić information content (AvgIpc) is 2.56. The Hall–Kier alpha value is -3.22. The number of nitro benzene ring substituents is 1. The summed E-state index contributed by atoms with van der Waals surface area (Å²) < 4.78 is 0. The Morgan fingerprint density at radius 3 is 2.43 bits per heavy atom. The zero-order valence-electron chi connectivity index (χ0n) is 12.4. The number of amides is 1. The van der Waals surface area contributed by atoms with Gasteiger partial charge in [0.1, 0.15) is 5.75 Å². The molecular formula is C16H15N3O4. The van der Waals surface area contributed by atoms with Crippen LogP contribution in [-0.4, -0.2) is 21.6 Å². The number of carbonyl (C=O) groups excluding carboxylic acids is 1. The van der Waals surface area contributed by atoms with Crippen molar-refractivity contribution in [2.24, 2.45) is 5.10 Å². The summed E-state index contributed by atoms with van der Waals surface area (Å²) in [5, 5.41) is 24.4. The summed E-state index contributed by atoms with van der Waals surface area (Å²) in [6, 6.07) is 11.9. The molecule has 0 atom stereocenters. The van der Waals surface area contributed by atoms with Crippen LogP contribution in [0.2, 0.25) is 0 Å². The fourth-order valence-corrected chi connectivity index (χ4v) is 1.96. The lowest BCUT2D eigenvalue weighted by Gasteiger charge is -2.07. The molecule has 0 radical (unpaired) electrons. The van der Waals surface area contributed by atoms with Crippen molar-refractivity contribution in [2.45, 2.75) is 13.3 Å². The van der Waals surface area contributed by atoms with Crippen molar-refractivity contribution >= 4 is 17.3 Å². The molecule has 0 saturated carbocycles. The zero-order valence-corrected chi connectivity index (χ0v) is 12.4. The number of benzene rings is 2. The van der Waals surface area contributed by atoms with Crippen LogP contribution in [0.3, 0.4) is 0 Å². The maximum absolute atomic E-state index is 12.0. The first kappa shape index (κ1) is 16.2. The largest absolute Gasteiger partial charge is 0.507 e. The minimum absolute atomic E-state index is 0.0812. The number of nitrogens with one attached hydrogen (secondary N) is 1. The Kier molecular flexibility index (Phi) is 5.03. The molecule has 1 amide bonds. The number of aromatic hydroxyl groups is 1. The lowest BCUT2D eigenvalue weighted by molar-refractivity contribution is -0.384. The van der Waals surface area contributed by atoms with Gasteiger partial charge in [0.2, 0.25) is 0 Å². The van der Waals surface area contributed by atoms with Gasteiger partial charge in [0.05, 0.1) is 10.6 Å². The molecule has 7 nitrogen and oxygen atoms in total. The fraction of sp³-hybridized carbons (Fsp3) is 0.125. The van der Waals surface area contributed by atoms with Gasteiger partial charge in [-0.15, -0.1) is 0 Å². The number of hydrogen-bond donors (Lipinski definition) is 2. The van der Waals surface area contributed by atoms with Crippen molar-refractivity contribution in [2.75, 3.05) is 0 Å². The molecule has 2 rings (SSSR count). The summed E-state index contributed by atoms with van der Waals surface area (Å²) in [6.45, 7) is 1.85. The molecule has 2 N–H and O–H groups in total. The van der Waals surface area contributed by atoms with Gasteiger partial charge in [-0.1, -0.05) is 19.1 Å². The lowest BCUT2D eigenvalue weighted by atomic mass is 10.1. The molecule has 0 saturated heterocycles. The summed E-state index contributed by atoms with van der Waals surface area (Å²) in [6.07, 6.45) is 0.512. The molecule has 2 aromatic rings. The molecule has 0 aliphatic carbocycles. The normalized spacial score (nSPS) is 11.1. The summed E-state index contributed by atoms with van der Waals surface area (Å²) in [5.74, 6) is -0.404. The van der Waals surface area contributed by atoms with Crippen molar-refractivity contribution in [3.8, 4) is 5.75 Å². The van der Waals surface area contributed by atoms with E-state index in [0.29, 0.717) is 17.7 Å². The highest BCUT2D eigenvalue weighted by atomic mass is 16.6. The third kappa shape index (κ3) is 3.91. The molecule has 7 heteroatoms. The SMILES string of the molecule is CCC(=NNC(=O)c1ccc([N+](=O)[O-])cc1)c1ccccc1O. The second-order valence-corrected chi connectivity index (χ2v) is 4.67. The van der Waals surface area contributed by atoms with Crippen molar-refractivity contribution in [3.05, 3.63) is 69.8 Å². The highest BCUT2D eigenvalue weighted by Crippen LogP contribution is 2.18. The summed E-state index contributed by atoms with van der Waals surface area (Å²) in [7, 11) is 0. The van der Waals surface area contributed by atoms with Crippen molar-refractivity contribution in [1.82, 2.24) is 5.43 Å². The Morgan fingerprint density at radius 2 is 1.87 bits per heavy atom. The number of rotatable bonds is 5. The number of para-hydroxylation sites is 1. The van der Waals surface area contributed by atoms with Gasteiger partial charge >= 0.3 is 0 Å². The highest BCUT2D eigenvalue weighted by molar-refractivity contribution is 6.03. The maximum atomic E-state index is 12.0. The van der Waals surface area contributed by atoms with Crippen LogP contribution in [0.1, 0.15) is 29.3 Å². The van der Waals surface area contributed by atoms with E-state index in [1.807, 2.05) is 6.92 Å². The molecular weight excluding hydrogens is 298 g/mol. The van der Waals surface area contributed by atoms with Crippen LogP contribution in [0.4, 0.5) is 5.69 Å². The molecule has 0 aromatic heterocycles. The van der Waals surface area contributed by atoms with Crippen molar-refractivity contribution in [3.63, 3.8) is 0 Å². The van der Waals surface area contributed by atoms with Crippen LogP contribution in [0.5, 0.6) is 5.75 Å². The second-order valence-electron chi connectivity index (χ2n) is 4.67. The van der Waals surface area contributed by atoms with Crippen LogP contribution in [0.25, 0.3) is 0 Å². The Balaban J connectivity index is 2.15. The van der Waals surface area contributed by atoms with Crippen LogP contribution in [-0.2, 0) is 0 Å². The van der Waals surface area contributed by atoms with Gasteiger partial charge in [-0.05, 0) is 30.7 Å². The average molecular weight is 313 g/mol. The van der Waals surface area contributed by atoms with Gasteiger partial charge in [-0.2, -0.15) is 5.10 Å². The molecule has 0 bridgehead atoms. The molecule has 0 fully saturated rings. The standard InChI is InChI=1S/C16H15N3O4/c1-2-14(13-5-3-4-6-15(13)20)17-18-16(21)11-7-9-12(10-8-11)19(22)23/h3-10,20H,2H2,1H3,(H,18,21). The molecule has 0 spiro atoms. The summed E-state index contributed by atoms with van der Waals surface area (Å²) in [5.41, 5.74) is 3.63. The number of carbonyl (C=O) groups is 1. The van der Waals surface area contributed by atoms with Gasteiger partial charge in [-0.25, -0.2) is 5.43 Å². The number of phenols is 1. The number of nitro groups is 1. The number of non-ortho nitro benzene ring substituents is 1. The number of hydrazone groups is 1.